The van der Waals surface area contributed by atoms with Crippen LogP contribution in [0.1, 0.15) is 91.9 Å². The Labute approximate surface area is 97.2 Å². The summed E-state index contributed by atoms with van der Waals surface area (Å²) in [4.78, 5) is 0. The van der Waals surface area contributed by atoms with E-state index in [4.69, 9.17) is 0 Å². The predicted octanol–water partition coefficient (Wildman–Crippen LogP) is 6.11. The van der Waals surface area contributed by atoms with E-state index < -0.39 is 0 Å². The van der Waals surface area contributed by atoms with Gasteiger partial charge in [-0.15, -0.1) is 0 Å². The first-order valence-corrected chi connectivity index (χ1v) is 6.00. The Morgan fingerprint density at radius 3 is 0.400 bits per heavy atom. The van der Waals surface area contributed by atoms with Gasteiger partial charge in [-0.25, -0.2) is 0 Å². The lowest BCUT2D eigenvalue weighted by atomic mass is 10.0. The molecule has 0 N–H and O–H groups in total. The van der Waals surface area contributed by atoms with Crippen LogP contribution in [0.4, 0.5) is 4.70 Å². The molecule has 1 heteroatoms. The van der Waals surface area contributed by atoms with Crippen molar-refractivity contribution in [1.29, 1.82) is 0 Å². The first-order valence-electron chi connectivity index (χ1n) is 6.00. The van der Waals surface area contributed by atoms with Crippen molar-refractivity contribution in [3.8, 4) is 0 Å². The highest BCUT2D eigenvalue weighted by Gasteiger charge is 1.96. The molecular weight excluding hydrogens is 187 g/mol. The molecule has 2 rings (SSSR count). The maximum absolute atomic E-state index is 1.50. The van der Waals surface area contributed by atoms with E-state index in [1.165, 1.54) is 77.0 Å². The van der Waals surface area contributed by atoms with Crippen LogP contribution < -0.4 is 0 Å². The fourth-order valence-corrected chi connectivity index (χ4v) is 2.12. The molecule has 2 aliphatic rings. The van der Waals surface area contributed by atoms with E-state index in [1.54, 1.807) is 0 Å². The molecule has 0 spiro atoms. The van der Waals surface area contributed by atoms with Crippen LogP contribution in [-0.4, -0.2) is 0 Å². The first kappa shape index (κ1) is 20.4. The van der Waals surface area contributed by atoms with Crippen LogP contribution in [0.2, 0.25) is 0 Å². The Hall–Kier alpha value is -0.0700. The first-order chi connectivity index (χ1) is 6.00. The van der Waals surface area contributed by atoms with Gasteiger partial charge in [-0.1, -0.05) is 91.9 Å². The zero-order chi connectivity index (χ0) is 8.49. The van der Waals surface area contributed by atoms with Gasteiger partial charge in [0.15, 0.2) is 0 Å². The molecule has 0 aliphatic heterocycles. The molecule has 0 heterocycles. The van der Waals surface area contributed by atoms with E-state index in [0.29, 0.717) is 0 Å². The summed E-state index contributed by atoms with van der Waals surface area (Å²) in [5, 5.41) is 0. The van der Waals surface area contributed by atoms with E-state index in [2.05, 4.69) is 0 Å². The minimum Gasteiger partial charge on any atom is -0.269 e. The lowest BCUT2D eigenvalue weighted by Gasteiger charge is -2.05. The lowest BCUT2D eigenvalue weighted by molar-refractivity contribution is 0.504. The van der Waals surface area contributed by atoms with Crippen molar-refractivity contribution in [3.05, 3.63) is 0 Å². The summed E-state index contributed by atoms with van der Waals surface area (Å²) in [5.74, 6) is 0. The number of rotatable bonds is 0. The predicted molar refractivity (Wildman–Crippen MR) is 71.4 cm³/mol. The van der Waals surface area contributed by atoms with Crippen LogP contribution in [0, 0.1) is 0 Å². The van der Waals surface area contributed by atoms with Crippen LogP contribution >= 0.6 is 0 Å². The van der Waals surface area contributed by atoms with Crippen molar-refractivity contribution < 1.29 is 4.70 Å². The van der Waals surface area contributed by atoms with E-state index in [-0.39, 0.29) is 19.6 Å². The van der Waals surface area contributed by atoms with Gasteiger partial charge in [0.25, 0.3) is 0 Å². The third-order valence-electron chi connectivity index (χ3n) is 3.00. The Morgan fingerprint density at radius 2 is 0.333 bits per heavy atom. The molecule has 15 heavy (non-hydrogen) atoms. The summed E-state index contributed by atoms with van der Waals surface area (Å²) in [5.41, 5.74) is 0. The quantitative estimate of drug-likeness (QED) is 0.462. The summed E-state index contributed by atoms with van der Waals surface area (Å²) in [7, 11) is 0. The number of hydrogen-bond acceptors (Lipinski definition) is 0. The normalized spacial score (nSPS) is 19.2. The van der Waals surface area contributed by atoms with Gasteiger partial charge in [-0.3, -0.25) is 4.70 Å². The summed E-state index contributed by atoms with van der Waals surface area (Å²) in [6, 6.07) is 0. The largest absolute Gasteiger partial charge is 0.269 e. The van der Waals surface area contributed by atoms with Gasteiger partial charge in [0, 0.05) is 0 Å². The second kappa shape index (κ2) is 16.4. The molecule has 2 fully saturated rings. The molecule has 0 aromatic heterocycles. The summed E-state index contributed by atoms with van der Waals surface area (Å²) >= 11 is 0. The van der Waals surface area contributed by atoms with Gasteiger partial charge in [0.1, 0.15) is 0 Å². The zero-order valence-corrected chi connectivity index (χ0v) is 8.89. The number of halogens is 1. The molecule has 2 saturated carbocycles. The van der Waals surface area contributed by atoms with E-state index >= 15 is 0 Å². The maximum Gasteiger partial charge on any atom is -0.0533 e. The Bertz CT molecular complexity index is 48.3. The molecule has 0 aromatic carbocycles. The maximum atomic E-state index is 1.50. The Morgan fingerprint density at radius 1 is 0.267 bits per heavy atom. The minimum absolute atomic E-state index is 0. The monoisotopic (exact) mass is 220 g/mol. The SMILES string of the molecule is C.C.C1CCCCC1.C1CCCCC1.F. The van der Waals surface area contributed by atoms with Crippen molar-refractivity contribution in [2.24, 2.45) is 0 Å². The smallest absolute Gasteiger partial charge is 0.0533 e. The molecule has 2 aliphatic carbocycles. The Kier molecular flexibility index (Phi) is 22.2. The molecule has 0 nitrogen and oxygen atoms in total. The van der Waals surface area contributed by atoms with Crippen molar-refractivity contribution >= 4 is 0 Å². The van der Waals surface area contributed by atoms with Gasteiger partial charge in [0.05, 0.1) is 0 Å². The fourth-order valence-electron chi connectivity index (χ4n) is 2.12. The second-order valence-electron chi connectivity index (χ2n) is 4.24. The number of hydrogen-bond donors (Lipinski definition) is 0. The molecule has 0 radical (unpaired) electrons. The van der Waals surface area contributed by atoms with Gasteiger partial charge < -0.3 is 0 Å². The molecule has 0 amide bonds. The van der Waals surface area contributed by atoms with Crippen molar-refractivity contribution in [3.63, 3.8) is 0 Å². The lowest BCUT2D eigenvalue weighted by Crippen LogP contribution is -1.85. The fraction of sp³-hybridized carbons (Fsp3) is 1.00. The molecule has 96 valence electrons. The highest BCUT2D eigenvalue weighted by Crippen LogP contribution is 2.15. The van der Waals surface area contributed by atoms with Gasteiger partial charge in [0.2, 0.25) is 0 Å². The van der Waals surface area contributed by atoms with Crippen LogP contribution in [0.15, 0.2) is 0 Å². The molecule has 0 aromatic rings. The zero-order valence-electron chi connectivity index (χ0n) is 8.89. The summed E-state index contributed by atoms with van der Waals surface area (Å²) in [6.45, 7) is 0. The van der Waals surface area contributed by atoms with Crippen LogP contribution in [0.5, 0.6) is 0 Å². The van der Waals surface area contributed by atoms with Crippen LogP contribution in [-0.2, 0) is 0 Å². The molecular formula is C14H33F. The molecule has 0 saturated heterocycles. The Balaban J connectivity index is -0.000000160. The van der Waals surface area contributed by atoms with Gasteiger partial charge >= 0.3 is 0 Å². The molecule has 0 bridgehead atoms. The van der Waals surface area contributed by atoms with Gasteiger partial charge in [-0.05, 0) is 0 Å². The second-order valence-corrected chi connectivity index (χ2v) is 4.24. The third kappa shape index (κ3) is 13.9. The summed E-state index contributed by atoms with van der Waals surface area (Å²) in [6.07, 6.45) is 18.0. The third-order valence-corrected chi connectivity index (χ3v) is 3.00. The average molecular weight is 220 g/mol. The molecule has 0 unspecified atom stereocenters. The van der Waals surface area contributed by atoms with E-state index in [9.17, 15) is 0 Å². The highest BCUT2D eigenvalue weighted by molar-refractivity contribution is 4.51. The minimum atomic E-state index is 0. The van der Waals surface area contributed by atoms with E-state index in [1.807, 2.05) is 0 Å². The topological polar surface area (TPSA) is 0 Å². The average Bonchev–Trinajstić information content (AvgIpc) is 2.24. The highest BCUT2D eigenvalue weighted by atomic mass is 19.0. The van der Waals surface area contributed by atoms with Crippen molar-refractivity contribution in [1.82, 2.24) is 0 Å². The van der Waals surface area contributed by atoms with Crippen LogP contribution in [0.25, 0.3) is 0 Å². The molecule has 0 atom stereocenters. The summed E-state index contributed by atoms with van der Waals surface area (Å²) < 4.78 is 0. The van der Waals surface area contributed by atoms with Crippen molar-refractivity contribution in [2.45, 2.75) is 91.9 Å². The van der Waals surface area contributed by atoms with Crippen molar-refractivity contribution in [2.75, 3.05) is 0 Å². The van der Waals surface area contributed by atoms with E-state index in [0.717, 1.165) is 0 Å². The van der Waals surface area contributed by atoms with Crippen LogP contribution in [0.3, 0.4) is 0 Å². The van der Waals surface area contributed by atoms with Gasteiger partial charge in [-0.2, -0.15) is 0 Å². The standard InChI is InChI=1S/2C6H12.2CH4.FH/c2*1-2-4-6-5-3-1;;;/h2*1-6H2;2*1H4;1H.